The van der Waals surface area contributed by atoms with Crippen LogP contribution in [0, 0.1) is 5.92 Å². The van der Waals surface area contributed by atoms with Crippen molar-refractivity contribution in [1.29, 1.82) is 0 Å². The summed E-state index contributed by atoms with van der Waals surface area (Å²) in [5.74, 6) is 2.32. The van der Waals surface area contributed by atoms with Crippen molar-refractivity contribution in [3.8, 4) is 5.75 Å². The maximum absolute atomic E-state index is 11.8. The molecule has 2 aromatic rings. The van der Waals surface area contributed by atoms with Gasteiger partial charge in [0.15, 0.2) is 0 Å². The highest BCUT2D eigenvalue weighted by molar-refractivity contribution is 7.88. The van der Waals surface area contributed by atoms with E-state index >= 15 is 0 Å². The van der Waals surface area contributed by atoms with Gasteiger partial charge in [0, 0.05) is 45.8 Å². The lowest BCUT2D eigenvalue weighted by Crippen LogP contribution is -2.38. The van der Waals surface area contributed by atoms with Gasteiger partial charge in [-0.1, -0.05) is 11.2 Å². The molecule has 11 nitrogen and oxygen atoms in total. The number of sulfonamides is 1. The molecule has 3 aliphatic heterocycles. The first-order valence-electron chi connectivity index (χ1n) is 13.5. The lowest BCUT2D eigenvalue weighted by Gasteiger charge is -2.31. The average molecular weight is 534 g/mol. The molecular weight excluding hydrogens is 494 g/mol. The Balaban J connectivity index is 0.990. The highest BCUT2D eigenvalue weighted by atomic mass is 32.2. The number of hydrogen-bond donors (Lipinski definition) is 0. The van der Waals surface area contributed by atoms with Gasteiger partial charge < -0.3 is 14.4 Å². The zero-order valence-corrected chi connectivity index (χ0v) is 22.6. The number of aromatic nitrogens is 4. The van der Waals surface area contributed by atoms with Gasteiger partial charge in [-0.05, 0) is 66.5 Å². The fraction of sp³-hybridized carbons (Fsp3) is 0.720. The number of hydrogen-bond acceptors (Lipinski definition) is 9. The summed E-state index contributed by atoms with van der Waals surface area (Å²) in [6, 6.07) is 6.04. The van der Waals surface area contributed by atoms with Crippen LogP contribution in [0.4, 0.5) is 5.95 Å². The van der Waals surface area contributed by atoms with Crippen LogP contribution in [0.15, 0.2) is 18.2 Å². The minimum atomic E-state index is -3.15. The van der Waals surface area contributed by atoms with Crippen LogP contribution in [-0.2, 0) is 34.3 Å². The molecule has 0 amide bonds. The summed E-state index contributed by atoms with van der Waals surface area (Å²) < 4.78 is 36.6. The molecule has 0 N–H and O–H groups in total. The maximum Gasteiger partial charge on any atom is 0.266 e. The molecule has 1 aromatic carbocycles. The van der Waals surface area contributed by atoms with E-state index in [1.54, 1.807) is 4.80 Å². The normalized spacial score (nSPS) is 20.2. The fourth-order valence-corrected chi connectivity index (χ4v) is 6.17. The van der Waals surface area contributed by atoms with Crippen molar-refractivity contribution in [2.24, 2.45) is 5.92 Å². The second kappa shape index (κ2) is 12.1. The van der Waals surface area contributed by atoms with Crippen molar-refractivity contribution in [3.63, 3.8) is 0 Å². The molecule has 0 atom stereocenters. The molecule has 0 bridgehead atoms. The highest BCUT2D eigenvalue weighted by Gasteiger charge is 2.24. The summed E-state index contributed by atoms with van der Waals surface area (Å²) in [7, 11) is -3.15. The van der Waals surface area contributed by atoms with Crippen molar-refractivity contribution in [2.45, 2.75) is 45.2 Å². The quantitative estimate of drug-likeness (QED) is 0.419. The van der Waals surface area contributed by atoms with E-state index in [1.807, 2.05) is 12.1 Å². The molecule has 0 unspecified atom stereocenters. The number of tetrazole rings is 1. The summed E-state index contributed by atoms with van der Waals surface area (Å²) >= 11 is 0. The topological polar surface area (TPSA) is 106 Å². The molecule has 204 valence electrons. The Morgan fingerprint density at radius 2 is 1.86 bits per heavy atom. The molecule has 2 saturated heterocycles. The van der Waals surface area contributed by atoms with Gasteiger partial charge in [-0.25, -0.2) is 8.42 Å². The predicted octanol–water partition coefficient (Wildman–Crippen LogP) is 1.40. The number of morpholine rings is 1. The third kappa shape index (κ3) is 7.18. The Labute approximate surface area is 219 Å². The molecule has 0 aliphatic carbocycles. The van der Waals surface area contributed by atoms with Gasteiger partial charge in [-0.3, -0.25) is 4.90 Å². The molecule has 1 aromatic heterocycles. The molecule has 3 aliphatic rings. The number of benzene rings is 1. The maximum atomic E-state index is 11.8. The first-order valence-corrected chi connectivity index (χ1v) is 15.3. The van der Waals surface area contributed by atoms with E-state index in [-0.39, 0.29) is 0 Å². The number of anilines is 1. The van der Waals surface area contributed by atoms with Crippen molar-refractivity contribution in [2.75, 3.05) is 70.2 Å². The first-order chi connectivity index (χ1) is 17.9. The Morgan fingerprint density at radius 3 is 2.65 bits per heavy atom. The summed E-state index contributed by atoms with van der Waals surface area (Å²) in [6.45, 7) is 8.86. The van der Waals surface area contributed by atoms with Crippen LogP contribution in [0.5, 0.6) is 5.75 Å². The molecule has 2 fully saturated rings. The van der Waals surface area contributed by atoms with E-state index < -0.39 is 10.0 Å². The fourth-order valence-electron chi connectivity index (χ4n) is 5.37. The van der Waals surface area contributed by atoms with Crippen LogP contribution in [-0.4, -0.2) is 103 Å². The minimum absolute atomic E-state index is 0.452. The van der Waals surface area contributed by atoms with Gasteiger partial charge in [-0.2, -0.15) is 9.10 Å². The monoisotopic (exact) mass is 533 g/mol. The van der Waals surface area contributed by atoms with Crippen LogP contribution >= 0.6 is 0 Å². The van der Waals surface area contributed by atoms with E-state index in [0.29, 0.717) is 25.6 Å². The molecular formula is C25H39N7O4S. The average Bonchev–Trinajstić information content (AvgIpc) is 3.39. The summed E-state index contributed by atoms with van der Waals surface area (Å²) in [4.78, 5) is 6.35. The Bertz CT molecular complexity index is 1130. The molecule has 12 heteroatoms. The standard InChI is InChI=1S/C25H39N7O4S/c1-37(33,34)31-11-8-22-19-24(5-4-23(22)20-31)36-16-2-3-21-6-9-30(10-7-21)25-26-28-32(27-25)13-12-29-14-17-35-18-15-29/h4-5,19,21H,2-3,6-18,20H2,1H3. The predicted molar refractivity (Wildman–Crippen MR) is 140 cm³/mol. The van der Waals surface area contributed by atoms with E-state index in [9.17, 15) is 8.42 Å². The lowest BCUT2D eigenvalue weighted by molar-refractivity contribution is 0.0354. The third-order valence-corrected chi connectivity index (χ3v) is 8.96. The van der Waals surface area contributed by atoms with Gasteiger partial charge in [0.25, 0.3) is 5.95 Å². The zero-order valence-electron chi connectivity index (χ0n) is 21.8. The van der Waals surface area contributed by atoms with Gasteiger partial charge in [0.2, 0.25) is 10.0 Å². The Kier molecular flexibility index (Phi) is 8.58. The summed E-state index contributed by atoms with van der Waals surface area (Å²) in [5, 5.41) is 13.2. The Morgan fingerprint density at radius 1 is 1.05 bits per heavy atom. The summed E-state index contributed by atoms with van der Waals surface area (Å²) in [5.41, 5.74) is 2.26. The minimum Gasteiger partial charge on any atom is -0.494 e. The van der Waals surface area contributed by atoms with Crippen molar-refractivity contribution in [1.82, 2.24) is 29.4 Å². The van der Waals surface area contributed by atoms with Crippen LogP contribution in [0.2, 0.25) is 0 Å². The highest BCUT2D eigenvalue weighted by Crippen LogP contribution is 2.26. The third-order valence-electron chi connectivity index (χ3n) is 7.71. The van der Waals surface area contributed by atoms with E-state index in [0.717, 1.165) is 102 Å². The molecule has 37 heavy (non-hydrogen) atoms. The van der Waals surface area contributed by atoms with Crippen LogP contribution in [0.1, 0.15) is 36.8 Å². The molecule has 0 spiro atoms. The number of rotatable bonds is 10. The lowest BCUT2D eigenvalue weighted by atomic mass is 9.92. The van der Waals surface area contributed by atoms with E-state index in [4.69, 9.17) is 9.47 Å². The number of piperidine rings is 1. The van der Waals surface area contributed by atoms with Crippen molar-refractivity contribution >= 4 is 16.0 Å². The molecule has 5 rings (SSSR count). The SMILES string of the molecule is CS(=O)(=O)N1CCc2cc(OCCCC3CCN(c4nnn(CCN5CCOCC5)n4)CC3)ccc2C1. The first kappa shape index (κ1) is 26.3. The molecule has 0 radical (unpaired) electrons. The van der Waals surface area contributed by atoms with Gasteiger partial charge in [-0.15, -0.1) is 5.10 Å². The summed E-state index contributed by atoms with van der Waals surface area (Å²) in [6.07, 6.45) is 6.46. The van der Waals surface area contributed by atoms with Crippen molar-refractivity contribution in [3.05, 3.63) is 29.3 Å². The van der Waals surface area contributed by atoms with Crippen LogP contribution < -0.4 is 9.64 Å². The van der Waals surface area contributed by atoms with Gasteiger partial charge in [0.05, 0.1) is 32.6 Å². The number of ether oxygens (including phenoxy) is 2. The Hall–Kier alpha value is -2.28. The van der Waals surface area contributed by atoms with Crippen LogP contribution in [0.25, 0.3) is 0 Å². The van der Waals surface area contributed by atoms with Crippen molar-refractivity contribution < 1.29 is 17.9 Å². The second-order valence-corrected chi connectivity index (χ2v) is 12.3. The van der Waals surface area contributed by atoms with E-state index in [2.05, 4.69) is 31.3 Å². The number of nitrogens with zero attached hydrogens (tertiary/aromatic N) is 7. The van der Waals surface area contributed by atoms with Gasteiger partial charge >= 0.3 is 0 Å². The zero-order chi connectivity index (χ0) is 25.7. The second-order valence-electron chi connectivity index (χ2n) is 10.3. The number of fused-ring (bicyclic) bond motifs is 1. The smallest absolute Gasteiger partial charge is 0.266 e. The van der Waals surface area contributed by atoms with Crippen LogP contribution in [0.3, 0.4) is 0 Å². The molecule has 0 saturated carbocycles. The largest absolute Gasteiger partial charge is 0.494 e. The van der Waals surface area contributed by atoms with E-state index in [1.165, 1.54) is 16.1 Å². The van der Waals surface area contributed by atoms with Gasteiger partial charge in [0.1, 0.15) is 5.75 Å². The molecule has 4 heterocycles.